The van der Waals surface area contributed by atoms with Crippen LogP contribution in [0.3, 0.4) is 0 Å². The fourth-order valence-corrected chi connectivity index (χ4v) is 3.13. The predicted octanol–water partition coefficient (Wildman–Crippen LogP) is 3.72. The average molecular weight is 300 g/mol. The number of hydrogen-bond donors (Lipinski definition) is 2. The molecule has 21 heavy (non-hydrogen) atoms. The van der Waals surface area contributed by atoms with Crippen LogP contribution in [0.2, 0.25) is 0 Å². The lowest BCUT2D eigenvalue weighted by Crippen LogP contribution is -2.38. The number of benzene rings is 2. The maximum Gasteiger partial charge on any atom is 0.0344 e. The van der Waals surface area contributed by atoms with E-state index in [1.807, 2.05) is 11.8 Å². The summed E-state index contributed by atoms with van der Waals surface area (Å²) in [5, 5.41) is 0. The summed E-state index contributed by atoms with van der Waals surface area (Å²) in [6.07, 6.45) is 2.04. The molecule has 0 spiro atoms. The third kappa shape index (κ3) is 5.20. The lowest BCUT2D eigenvalue weighted by molar-refractivity contribution is 0.575. The van der Waals surface area contributed by atoms with Crippen molar-refractivity contribution in [2.75, 3.05) is 5.75 Å². The summed E-state index contributed by atoms with van der Waals surface area (Å²) in [7, 11) is 0. The number of nitrogens with one attached hydrogen (secondary N) is 1. The van der Waals surface area contributed by atoms with Gasteiger partial charge in [-0.3, -0.25) is 11.3 Å². The van der Waals surface area contributed by atoms with Crippen LogP contribution in [0.15, 0.2) is 53.4 Å². The van der Waals surface area contributed by atoms with E-state index in [4.69, 9.17) is 5.84 Å². The highest BCUT2D eigenvalue weighted by Crippen LogP contribution is 2.20. The van der Waals surface area contributed by atoms with E-state index in [0.717, 1.165) is 18.6 Å². The van der Waals surface area contributed by atoms with Crippen molar-refractivity contribution in [2.45, 2.75) is 37.6 Å². The average Bonchev–Trinajstić information content (AvgIpc) is 2.53. The first-order valence-electron chi connectivity index (χ1n) is 7.44. The van der Waals surface area contributed by atoms with Gasteiger partial charge >= 0.3 is 0 Å². The van der Waals surface area contributed by atoms with Gasteiger partial charge in [-0.15, -0.1) is 11.8 Å². The minimum Gasteiger partial charge on any atom is -0.271 e. The van der Waals surface area contributed by atoms with Crippen LogP contribution in [0.4, 0.5) is 0 Å². The van der Waals surface area contributed by atoms with Crippen LogP contribution in [0.25, 0.3) is 0 Å². The Labute approximate surface area is 132 Å². The predicted molar refractivity (Wildman–Crippen MR) is 92.5 cm³/mol. The van der Waals surface area contributed by atoms with Gasteiger partial charge in [0.2, 0.25) is 0 Å². The number of aryl methyl sites for hydroxylation is 2. The zero-order valence-corrected chi connectivity index (χ0v) is 13.6. The molecule has 2 aromatic carbocycles. The molecule has 0 saturated carbocycles. The standard InChI is InChI=1S/C18H24N2S/c1-3-15-6-8-16(9-7-15)12-17(20-19)13-21-18-10-4-14(2)5-11-18/h4-11,17,20H,3,12-13,19H2,1-2H3. The summed E-state index contributed by atoms with van der Waals surface area (Å²) in [5.41, 5.74) is 6.95. The molecule has 1 atom stereocenters. The summed E-state index contributed by atoms with van der Waals surface area (Å²) in [4.78, 5) is 1.29. The SMILES string of the molecule is CCc1ccc(CC(CSc2ccc(C)cc2)NN)cc1. The molecular weight excluding hydrogens is 276 g/mol. The Morgan fingerprint density at radius 1 is 1.00 bits per heavy atom. The van der Waals surface area contributed by atoms with Gasteiger partial charge in [0.15, 0.2) is 0 Å². The first-order valence-corrected chi connectivity index (χ1v) is 8.43. The van der Waals surface area contributed by atoms with Crippen LogP contribution < -0.4 is 11.3 Å². The highest BCUT2D eigenvalue weighted by Gasteiger charge is 2.08. The monoisotopic (exact) mass is 300 g/mol. The molecule has 112 valence electrons. The van der Waals surface area contributed by atoms with Gasteiger partial charge in [0, 0.05) is 16.7 Å². The van der Waals surface area contributed by atoms with Crippen molar-refractivity contribution in [3.05, 3.63) is 65.2 Å². The molecule has 0 heterocycles. The van der Waals surface area contributed by atoms with E-state index in [2.05, 4.69) is 67.8 Å². The first-order chi connectivity index (χ1) is 10.2. The van der Waals surface area contributed by atoms with Gasteiger partial charge in [-0.05, 0) is 43.0 Å². The summed E-state index contributed by atoms with van der Waals surface area (Å²) in [6, 6.07) is 17.7. The molecule has 1 unspecified atom stereocenters. The number of hydrazine groups is 1. The Morgan fingerprint density at radius 3 is 2.19 bits per heavy atom. The lowest BCUT2D eigenvalue weighted by atomic mass is 10.0. The van der Waals surface area contributed by atoms with Crippen LogP contribution in [0, 0.1) is 6.92 Å². The molecule has 2 rings (SSSR count). The van der Waals surface area contributed by atoms with E-state index in [-0.39, 0.29) is 6.04 Å². The van der Waals surface area contributed by atoms with E-state index in [9.17, 15) is 0 Å². The molecule has 0 aromatic heterocycles. The molecule has 2 nitrogen and oxygen atoms in total. The maximum absolute atomic E-state index is 5.70. The Hall–Kier alpha value is -1.29. The van der Waals surface area contributed by atoms with Gasteiger partial charge in [-0.1, -0.05) is 48.9 Å². The third-order valence-electron chi connectivity index (χ3n) is 3.62. The fourth-order valence-electron chi connectivity index (χ4n) is 2.19. The zero-order valence-electron chi connectivity index (χ0n) is 12.8. The molecule has 0 aliphatic rings. The van der Waals surface area contributed by atoms with Gasteiger partial charge in [0.05, 0.1) is 0 Å². The number of hydrogen-bond acceptors (Lipinski definition) is 3. The molecule has 0 radical (unpaired) electrons. The normalized spacial score (nSPS) is 12.3. The van der Waals surface area contributed by atoms with Crippen LogP contribution >= 0.6 is 11.8 Å². The lowest BCUT2D eigenvalue weighted by Gasteiger charge is -2.16. The highest BCUT2D eigenvalue weighted by molar-refractivity contribution is 7.99. The Balaban J connectivity index is 1.88. The molecule has 3 N–H and O–H groups in total. The zero-order chi connectivity index (χ0) is 15.1. The van der Waals surface area contributed by atoms with Crippen molar-refractivity contribution in [2.24, 2.45) is 5.84 Å². The minimum atomic E-state index is 0.281. The van der Waals surface area contributed by atoms with Gasteiger partial charge in [0.25, 0.3) is 0 Å². The molecule has 0 saturated heterocycles. The molecule has 0 fully saturated rings. The van der Waals surface area contributed by atoms with E-state index in [0.29, 0.717) is 0 Å². The van der Waals surface area contributed by atoms with E-state index < -0.39 is 0 Å². The first kappa shape index (κ1) is 16.1. The van der Waals surface area contributed by atoms with Gasteiger partial charge in [0.1, 0.15) is 0 Å². The largest absolute Gasteiger partial charge is 0.271 e. The fraction of sp³-hybridized carbons (Fsp3) is 0.333. The van der Waals surface area contributed by atoms with Crippen molar-refractivity contribution in [3.63, 3.8) is 0 Å². The summed E-state index contributed by atoms with van der Waals surface area (Å²) in [6.45, 7) is 4.29. The highest BCUT2D eigenvalue weighted by atomic mass is 32.2. The maximum atomic E-state index is 5.70. The molecule has 3 heteroatoms. The smallest absolute Gasteiger partial charge is 0.0344 e. The Morgan fingerprint density at radius 2 is 1.62 bits per heavy atom. The molecule has 0 amide bonds. The minimum absolute atomic E-state index is 0.281. The van der Waals surface area contributed by atoms with Gasteiger partial charge < -0.3 is 0 Å². The van der Waals surface area contributed by atoms with Crippen LogP contribution in [0.1, 0.15) is 23.6 Å². The van der Waals surface area contributed by atoms with Crippen LogP contribution in [-0.2, 0) is 12.8 Å². The Kier molecular flexibility index (Phi) is 6.30. The van der Waals surface area contributed by atoms with Crippen molar-refractivity contribution in [3.8, 4) is 0 Å². The second kappa shape index (κ2) is 8.23. The summed E-state index contributed by atoms with van der Waals surface area (Å²) >= 11 is 1.85. The second-order valence-corrected chi connectivity index (χ2v) is 6.46. The molecule has 2 aromatic rings. The molecule has 0 aliphatic carbocycles. The van der Waals surface area contributed by atoms with Crippen molar-refractivity contribution >= 4 is 11.8 Å². The summed E-state index contributed by atoms with van der Waals surface area (Å²) in [5.74, 6) is 6.67. The van der Waals surface area contributed by atoms with Crippen molar-refractivity contribution in [1.82, 2.24) is 5.43 Å². The van der Waals surface area contributed by atoms with E-state index in [1.165, 1.54) is 21.6 Å². The number of rotatable bonds is 7. The molecule has 0 bridgehead atoms. The van der Waals surface area contributed by atoms with Crippen molar-refractivity contribution in [1.29, 1.82) is 0 Å². The topological polar surface area (TPSA) is 38.0 Å². The van der Waals surface area contributed by atoms with Gasteiger partial charge in [-0.25, -0.2) is 0 Å². The second-order valence-electron chi connectivity index (χ2n) is 5.36. The molecular formula is C18H24N2S. The summed E-state index contributed by atoms with van der Waals surface area (Å²) < 4.78 is 0. The van der Waals surface area contributed by atoms with Crippen LogP contribution in [-0.4, -0.2) is 11.8 Å². The third-order valence-corrected chi connectivity index (χ3v) is 4.80. The molecule has 0 aliphatic heterocycles. The quantitative estimate of drug-likeness (QED) is 0.465. The van der Waals surface area contributed by atoms with E-state index >= 15 is 0 Å². The number of nitrogens with two attached hydrogens (primary N) is 1. The Bertz CT molecular complexity index is 534. The van der Waals surface area contributed by atoms with Crippen molar-refractivity contribution < 1.29 is 0 Å². The van der Waals surface area contributed by atoms with Crippen LogP contribution in [0.5, 0.6) is 0 Å². The number of thioether (sulfide) groups is 1. The van der Waals surface area contributed by atoms with Gasteiger partial charge in [-0.2, -0.15) is 0 Å². The van der Waals surface area contributed by atoms with E-state index in [1.54, 1.807) is 0 Å².